The van der Waals surface area contributed by atoms with Gasteiger partial charge in [0.05, 0.1) is 46.7 Å². The molecule has 1 N–H and O–H groups in total. The topological polar surface area (TPSA) is 73.2 Å². The van der Waals surface area contributed by atoms with E-state index < -0.39 is 5.97 Å². The summed E-state index contributed by atoms with van der Waals surface area (Å²) in [5, 5.41) is 3.83. The fourth-order valence-corrected chi connectivity index (χ4v) is 4.88. The lowest BCUT2D eigenvalue weighted by Gasteiger charge is -2.11. The van der Waals surface area contributed by atoms with Gasteiger partial charge in [0.25, 0.3) is 0 Å². The van der Waals surface area contributed by atoms with Crippen LogP contribution in [0.5, 0.6) is 0 Å². The van der Waals surface area contributed by atoms with Gasteiger partial charge in [0.15, 0.2) is 5.16 Å². The van der Waals surface area contributed by atoms with Gasteiger partial charge in [-0.1, -0.05) is 64.8 Å². The maximum Gasteiger partial charge on any atom is 0.337 e. The fourth-order valence-electron chi connectivity index (χ4n) is 3.84. The molecule has 174 valence electrons. The maximum atomic E-state index is 12.7. The molecule has 0 spiro atoms. The summed E-state index contributed by atoms with van der Waals surface area (Å²) in [6.45, 7) is 4.84. The third kappa shape index (κ3) is 5.43. The number of aryl methyl sites for hydroxylation is 2. The van der Waals surface area contributed by atoms with Gasteiger partial charge in [-0.05, 0) is 49.7 Å². The molecule has 4 aromatic rings. The van der Waals surface area contributed by atoms with Crippen LogP contribution in [0.4, 0.5) is 5.69 Å². The van der Waals surface area contributed by atoms with Gasteiger partial charge in [-0.2, -0.15) is 0 Å². The van der Waals surface area contributed by atoms with Gasteiger partial charge in [-0.3, -0.25) is 4.79 Å². The van der Waals surface area contributed by atoms with Crippen LogP contribution in [0.2, 0.25) is 5.02 Å². The zero-order valence-electron chi connectivity index (χ0n) is 19.1. The molecule has 0 saturated carbocycles. The Hall–Kier alpha value is -3.29. The second-order valence-corrected chi connectivity index (χ2v) is 9.34. The van der Waals surface area contributed by atoms with Crippen LogP contribution in [0.15, 0.2) is 65.8 Å². The molecule has 0 atom stereocenters. The van der Waals surface area contributed by atoms with Gasteiger partial charge in [-0.25, -0.2) is 9.78 Å². The van der Waals surface area contributed by atoms with Crippen LogP contribution in [0.1, 0.15) is 27.0 Å². The largest absolute Gasteiger partial charge is 0.465 e. The van der Waals surface area contributed by atoms with Gasteiger partial charge in [0.1, 0.15) is 0 Å². The van der Waals surface area contributed by atoms with Crippen molar-refractivity contribution < 1.29 is 14.3 Å². The Labute approximate surface area is 207 Å². The number of aromatic nitrogens is 2. The van der Waals surface area contributed by atoms with E-state index in [0.29, 0.717) is 17.8 Å². The highest BCUT2D eigenvalue weighted by Crippen LogP contribution is 2.27. The number of thioether (sulfide) groups is 1. The minimum Gasteiger partial charge on any atom is -0.465 e. The number of carbonyl (C=O) groups excluding carboxylic acids is 2. The SMILES string of the molecule is COC(=O)c1ccc(NC(=O)CSc2nc3ccccc3n2Cc2cc(C)cc(C)c2)c(Cl)c1. The van der Waals surface area contributed by atoms with Crippen LogP contribution >= 0.6 is 23.4 Å². The number of rotatable bonds is 7. The van der Waals surface area contributed by atoms with Crippen LogP contribution in [0.3, 0.4) is 0 Å². The molecule has 34 heavy (non-hydrogen) atoms. The number of benzene rings is 3. The van der Waals surface area contributed by atoms with Gasteiger partial charge in [0, 0.05) is 0 Å². The third-order valence-corrected chi connectivity index (χ3v) is 6.53. The lowest BCUT2D eigenvalue weighted by molar-refractivity contribution is -0.113. The van der Waals surface area contributed by atoms with Crippen LogP contribution in [0, 0.1) is 13.8 Å². The average Bonchev–Trinajstić information content (AvgIpc) is 3.15. The zero-order chi connectivity index (χ0) is 24.2. The van der Waals surface area contributed by atoms with Crippen molar-refractivity contribution in [2.24, 2.45) is 0 Å². The van der Waals surface area contributed by atoms with Gasteiger partial charge in [0.2, 0.25) is 5.91 Å². The van der Waals surface area contributed by atoms with Gasteiger partial charge in [-0.15, -0.1) is 0 Å². The molecular formula is C26H24ClN3O3S. The monoisotopic (exact) mass is 493 g/mol. The van der Waals surface area contributed by atoms with Crippen molar-refractivity contribution in [2.45, 2.75) is 25.5 Å². The summed E-state index contributed by atoms with van der Waals surface area (Å²) in [6.07, 6.45) is 0. The van der Waals surface area contributed by atoms with Crippen LogP contribution in [-0.2, 0) is 16.1 Å². The van der Waals surface area contributed by atoms with Crippen molar-refractivity contribution >= 4 is 52.0 Å². The molecule has 4 rings (SSSR count). The van der Waals surface area contributed by atoms with Gasteiger partial charge < -0.3 is 14.6 Å². The summed E-state index contributed by atoms with van der Waals surface area (Å²) in [6, 6.07) is 19.1. The molecule has 0 aliphatic carbocycles. The number of para-hydroxylation sites is 2. The van der Waals surface area contributed by atoms with E-state index in [1.54, 1.807) is 12.1 Å². The first kappa shape index (κ1) is 23.9. The predicted molar refractivity (Wildman–Crippen MR) is 137 cm³/mol. The van der Waals surface area contributed by atoms with Crippen molar-refractivity contribution in [2.75, 3.05) is 18.2 Å². The van der Waals surface area contributed by atoms with E-state index in [0.717, 1.165) is 16.2 Å². The Kier molecular flexibility index (Phi) is 7.24. The molecule has 0 fully saturated rings. The normalized spacial score (nSPS) is 10.9. The molecule has 0 aliphatic heterocycles. The number of ether oxygens (including phenoxy) is 1. The van der Waals surface area contributed by atoms with E-state index in [1.165, 1.54) is 41.6 Å². The Bertz CT molecular complexity index is 1360. The van der Waals surface area contributed by atoms with Crippen molar-refractivity contribution in [1.82, 2.24) is 9.55 Å². The summed E-state index contributed by atoms with van der Waals surface area (Å²) in [4.78, 5) is 29.1. The lowest BCUT2D eigenvalue weighted by Crippen LogP contribution is -2.15. The van der Waals surface area contributed by atoms with E-state index in [-0.39, 0.29) is 16.7 Å². The molecule has 1 aromatic heterocycles. The van der Waals surface area contributed by atoms with Crippen LogP contribution in [0.25, 0.3) is 11.0 Å². The average molecular weight is 494 g/mol. The van der Waals surface area contributed by atoms with Crippen molar-refractivity contribution in [3.63, 3.8) is 0 Å². The Morgan fingerprint density at radius 3 is 2.50 bits per heavy atom. The molecule has 8 heteroatoms. The highest BCUT2D eigenvalue weighted by Gasteiger charge is 2.15. The second-order valence-electron chi connectivity index (χ2n) is 7.99. The highest BCUT2D eigenvalue weighted by atomic mass is 35.5. The number of nitrogens with one attached hydrogen (secondary N) is 1. The number of fused-ring (bicyclic) bond motifs is 1. The first-order chi connectivity index (χ1) is 16.3. The van der Waals surface area contributed by atoms with Crippen molar-refractivity contribution in [3.8, 4) is 0 Å². The molecule has 0 aliphatic rings. The molecule has 1 heterocycles. The predicted octanol–water partition coefficient (Wildman–Crippen LogP) is 5.87. The van der Waals surface area contributed by atoms with E-state index >= 15 is 0 Å². The Morgan fingerprint density at radius 1 is 1.06 bits per heavy atom. The van der Waals surface area contributed by atoms with Gasteiger partial charge >= 0.3 is 5.97 Å². The highest BCUT2D eigenvalue weighted by molar-refractivity contribution is 7.99. The summed E-state index contributed by atoms with van der Waals surface area (Å²) < 4.78 is 6.83. The molecule has 0 saturated heterocycles. The van der Waals surface area contributed by atoms with Crippen LogP contribution < -0.4 is 5.32 Å². The number of halogens is 1. The number of anilines is 1. The summed E-state index contributed by atoms with van der Waals surface area (Å²) >= 11 is 7.61. The summed E-state index contributed by atoms with van der Waals surface area (Å²) in [7, 11) is 1.30. The summed E-state index contributed by atoms with van der Waals surface area (Å²) in [5.74, 6) is -0.550. The number of hydrogen-bond acceptors (Lipinski definition) is 5. The minimum absolute atomic E-state index is 0.158. The Balaban J connectivity index is 1.51. The second kappa shape index (κ2) is 10.3. The standard InChI is InChI=1S/C26H24ClN3O3S/c1-16-10-17(2)12-18(11-16)14-30-23-7-5-4-6-22(23)29-26(30)34-15-24(31)28-21-9-8-19(13-20(21)27)25(32)33-3/h4-13H,14-15H2,1-3H3,(H,28,31). The van der Waals surface area contributed by atoms with E-state index in [9.17, 15) is 9.59 Å². The molecular weight excluding hydrogens is 470 g/mol. The summed E-state index contributed by atoms with van der Waals surface area (Å²) in [5.41, 5.74) is 6.27. The molecule has 6 nitrogen and oxygen atoms in total. The van der Waals surface area contributed by atoms with Crippen molar-refractivity contribution in [1.29, 1.82) is 0 Å². The Morgan fingerprint density at radius 2 is 1.79 bits per heavy atom. The number of esters is 1. The number of nitrogens with zero attached hydrogens (tertiary/aromatic N) is 2. The number of hydrogen-bond donors (Lipinski definition) is 1. The van der Waals surface area contributed by atoms with E-state index in [1.807, 2.05) is 24.3 Å². The smallest absolute Gasteiger partial charge is 0.337 e. The molecule has 3 aromatic carbocycles. The fraction of sp³-hybridized carbons (Fsp3) is 0.192. The molecule has 0 radical (unpaired) electrons. The van der Waals surface area contributed by atoms with Crippen molar-refractivity contribution in [3.05, 3.63) is 87.9 Å². The maximum absolute atomic E-state index is 12.7. The minimum atomic E-state index is -0.488. The number of imidazole rings is 1. The number of carbonyl (C=O) groups is 2. The third-order valence-electron chi connectivity index (χ3n) is 5.24. The van der Waals surface area contributed by atoms with E-state index in [2.05, 4.69) is 41.9 Å². The zero-order valence-corrected chi connectivity index (χ0v) is 20.7. The lowest BCUT2D eigenvalue weighted by atomic mass is 10.1. The number of methoxy groups -OCH3 is 1. The van der Waals surface area contributed by atoms with E-state index in [4.69, 9.17) is 21.3 Å². The number of amides is 1. The first-order valence-corrected chi connectivity index (χ1v) is 12.0. The molecule has 0 bridgehead atoms. The molecule has 0 unspecified atom stereocenters. The van der Waals surface area contributed by atoms with Crippen LogP contribution in [-0.4, -0.2) is 34.3 Å². The first-order valence-electron chi connectivity index (χ1n) is 10.7. The molecule has 1 amide bonds. The quantitative estimate of drug-likeness (QED) is 0.257.